The van der Waals surface area contributed by atoms with Crippen LogP contribution in [0, 0.1) is 6.92 Å². The van der Waals surface area contributed by atoms with E-state index in [-0.39, 0.29) is 0 Å². The molecule has 0 amide bonds. The molecular weight excluding hydrogens is 266 g/mol. The second-order valence-electron chi connectivity index (χ2n) is 5.09. The first kappa shape index (κ1) is 15.1. The molecule has 0 saturated carbocycles. The molecule has 108 valence electrons. The standard InChI is InChI=1S/C17H23NOS/c1-4-8-18-16(11-14-7-9-20-12-14)15-10-13(2)5-6-17(15)19-3/h5-7,9-10,12,16,18H,4,8,11H2,1-3H3. The Hall–Kier alpha value is -1.32. The lowest BCUT2D eigenvalue weighted by Crippen LogP contribution is -2.24. The molecule has 1 atom stereocenters. The van der Waals surface area contributed by atoms with Gasteiger partial charge in [-0.25, -0.2) is 0 Å². The molecule has 0 saturated heterocycles. The lowest BCUT2D eigenvalue weighted by molar-refractivity contribution is 0.398. The zero-order valence-corrected chi connectivity index (χ0v) is 13.3. The highest BCUT2D eigenvalue weighted by Crippen LogP contribution is 2.29. The van der Waals surface area contributed by atoms with Crippen LogP contribution in [-0.2, 0) is 6.42 Å². The van der Waals surface area contributed by atoms with Gasteiger partial charge in [-0.1, -0.05) is 24.6 Å². The van der Waals surface area contributed by atoms with Gasteiger partial charge in [-0.05, 0) is 54.8 Å². The summed E-state index contributed by atoms with van der Waals surface area (Å²) >= 11 is 1.75. The lowest BCUT2D eigenvalue weighted by atomic mass is 9.97. The summed E-state index contributed by atoms with van der Waals surface area (Å²) in [4.78, 5) is 0. The van der Waals surface area contributed by atoms with Gasteiger partial charge < -0.3 is 10.1 Å². The Kier molecular flexibility index (Phi) is 5.62. The second-order valence-corrected chi connectivity index (χ2v) is 5.87. The first-order chi connectivity index (χ1) is 9.74. The fourth-order valence-electron chi connectivity index (χ4n) is 2.38. The van der Waals surface area contributed by atoms with Crippen molar-refractivity contribution >= 4 is 11.3 Å². The maximum absolute atomic E-state index is 5.54. The molecule has 0 aliphatic carbocycles. The molecule has 0 fully saturated rings. The van der Waals surface area contributed by atoms with Crippen molar-refractivity contribution in [2.45, 2.75) is 32.7 Å². The van der Waals surface area contributed by atoms with Crippen LogP contribution in [0.2, 0.25) is 0 Å². The van der Waals surface area contributed by atoms with E-state index in [9.17, 15) is 0 Å². The van der Waals surface area contributed by atoms with Crippen molar-refractivity contribution < 1.29 is 4.74 Å². The van der Waals surface area contributed by atoms with Crippen LogP contribution in [0.25, 0.3) is 0 Å². The Morgan fingerprint density at radius 3 is 2.80 bits per heavy atom. The fraction of sp³-hybridized carbons (Fsp3) is 0.412. The molecule has 0 aliphatic heterocycles. The monoisotopic (exact) mass is 289 g/mol. The Balaban J connectivity index is 2.27. The van der Waals surface area contributed by atoms with Gasteiger partial charge in [-0.15, -0.1) is 0 Å². The molecule has 1 unspecified atom stereocenters. The van der Waals surface area contributed by atoms with E-state index in [1.54, 1.807) is 18.4 Å². The van der Waals surface area contributed by atoms with E-state index >= 15 is 0 Å². The maximum atomic E-state index is 5.54. The number of nitrogens with one attached hydrogen (secondary N) is 1. The Bertz CT molecular complexity index is 522. The molecule has 0 aliphatic rings. The van der Waals surface area contributed by atoms with Gasteiger partial charge in [0.05, 0.1) is 7.11 Å². The summed E-state index contributed by atoms with van der Waals surface area (Å²) in [5, 5.41) is 8.01. The van der Waals surface area contributed by atoms with Crippen molar-refractivity contribution in [3.05, 3.63) is 51.7 Å². The van der Waals surface area contributed by atoms with Gasteiger partial charge >= 0.3 is 0 Å². The van der Waals surface area contributed by atoms with Crippen molar-refractivity contribution in [3.8, 4) is 5.75 Å². The number of aryl methyl sites for hydroxylation is 1. The summed E-state index contributed by atoms with van der Waals surface area (Å²) in [6.45, 7) is 5.35. The van der Waals surface area contributed by atoms with Gasteiger partial charge in [0.25, 0.3) is 0 Å². The third-order valence-electron chi connectivity index (χ3n) is 3.42. The number of thiophene rings is 1. The number of benzene rings is 1. The molecule has 0 bridgehead atoms. The molecule has 2 rings (SSSR count). The predicted molar refractivity (Wildman–Crippen MR) is 86.8 cm³/mol. The molecule has 2 nitrogen and oxygen atoms in total. The van der Waals surface area contributed by atoms with Gasteiger partial charge in [0, 0.05) is 11.6 Å². The van der Waals surface area contributed by atoms with Crippen LogP contribution in [-0.4, -0.2) is 13.7 Å². The van der Waals surface area contributed by atoms with Crippen LogP contribution in [0.15, 0.2) is 35.0 Å². The molecule has 1 aromatic carbocycles. The summed E-state index contributed by atoms with van der Waals surface area (Å²) in [7, 11) is 1.75. The highest BCUT2D eigenvalue weighted by molar-refractivity contribution is 7.07. The number of ether oxygens (including phenoxy) is 1. The lowest BCUT2D eigenvalue weighted by Gasteiger charge is -2.21. The summed E-state index contributed by atoms with van der Waals surface area (Å²) in [5.41, 5.74) is 3.91. The second kappa shape index (κ2) is 7.46. The maximum Gasteiger partial charge on any atom is 0.123 e. The van der Waals surface area contributed by atoms with E-state index < -0.39 is 0 Å². The molecular formula is C17H23NOS. The summed E-state index contributed by atoms with van der Waals surface area (Å²) in [6, 6.07) is 8.91. The SMILES string of the molecule is CCCNC(Cc1ccsc1)c1cc(C)ccc1OC. The van der Waals surface area contributed by atoms with Crippen LogP contribution in [0.3, 0.4) is 0 Å². The number of hydrogen-bond acceptors (Lipinski definition) is 3. The third kappa shape index (κ3) is 3.84. The average molecular weight is 289 g/mol. The molecule has 0 spiro atoms. The normalized spacial score (nSPS) is 12.3. The van der Waals surface area contributed by atoms with Gasteiger partial charge in [0.15, 0.2) is 0 Å². The minimum atomic E-state index is 0.305. The Labute approximate surface area is 125 Å². The topological polar surface area (TPSA) is 21.3 Å². The van der Waals surface area contributed by atoms with E-state index in [1.165, 1.54) is 16.7 Å². The number of methoxy groups -OCH3 is 1. The van der Waals surface area contributed by atoms with Crippen molar-refractivity contribution in [3.63, 3.8) is 0 Å². The molecule has 1 heterocycles. The van der Waals surface area contributed by atoms with Crippen LogP contribution in [0.4, 0.5) is 0 Å². The van der Waals surface area contributed by atoms with E-state index in [0.29, 0.717) is 6.04 Å². The first-order valence-electron chi connectivity index (χ1n) is 7.13. The predicted octanol–water partition coefficient (Wildman–Crippen LogP) is 4.35. The number of rotatable bonds is 7. The van der Waals surface area contributed by atoms with Crippen LogP contribution in [0.5, 0.6) is 5.75 Å². The largest absolute Gasteiger partial charge is 0.496 e. The first-order valence-corrected chi connectivity index (χ1v) is 8.08. The van der Waals surface area contributed by atoms with Crippen molar-refractivity contribution in [1.29, 1.82) is 0 Å². The van der Waals surface area contributed by atoms with Gasteiger partial charge in [0.1, 0.15) is 5.75 Å². The van der Waals surface area contributed by atoms with E-state index in [4.69, 9.17) is 4.74 Å². The van der Waals surface area contributed by atoms with Crippen LogP contribution >= 0.6 is 11.3 Å². The third-order valence-corrected chi connectivity index (χ3v) is 4.15. The van der Waals surface area contributed by atoms with Gasteiger partial charge in [-0.3, -0.25) is 0 Å². The minimum Gasteiger partial charge on any atom is -0.496 e. The van der Waals surface area contributed by atoms with E-state index in [1.807, 2.05) is 0 Å². The average Bonchev–Trinajstić information content (AvgIpc) is 2.96. The van der Waals surface area contributed by atoms with Gasteiger partial charge in [-0.2, -0.15) is 11.3 Å². The quantitative estimate of drug-likeness (QED) is 0.818. The van der Waals surface area contributed by atoms with Crippen molar-refractivity contribution in [2.24, 2.45) is 0 Å². The van der Waals surface area contributed by atoms with E-state index in [0.717, 1.165) is 25.1 Å². The van der Waals surface area contributed by atoms with Crippen molar-refractivity contribution in [2.75, 3.05) is 13.7 Å². The molecule has 0 radical (unpaired) electrons. The highest BCUT2D eigenvalue weighted by Gasteiger charge is 2.16. The van der Waals surface area contributed by atoms with Crippen molar-refractivity contribution in [1.82, 2.24) is 5.32 Å². The summed E-state index contributed by atoms with van der Waals surface area (Å²) in [5.74, 6) is 0.972. The van der Waals surface area contributed by atoms with Gasteiger partial charge in [0.2, 0.25) is 0 Å². The highest BCUT2D eigenvalue weighted by atomic mass is 32.1. The summed E-state index contributed by atoms with van der Waals surface area (Å²) in [6.07, 6.45) is 2.14. The Morgan fingerprint density at radius 2 is 2.15 bits per heavy atom. The zero-order chi connectivity index (χ0) is 14.4. The Morgan fingerprint density at radius 1 is 1.30 bits per heavy atom. The molecule has 3 heteroatoms. The van der Waals surface area contributed by atoms with Crippen LogP contribution in [0.1, 0.15) is 36.1 Å². The molecule has 20 heavy (non-hydrogen) atoms. The number of hydrogen-bond donors (Lipinski definition) is 1. The molecule has 2 aromatic rings. The fourth-order valence-corrected chi connectivity index (χ4v) is 3.06. The van der Waals surface area contributed by atoms with Crippen LogP contribution < -0.4 is 10.1 Å². The molecule has 1 aromatic heterocycles. The zero-order valence-electron chi connectivity index (χ0n) is 12.5. The smallest absolute Gasteiger partial charge is 0.123 e. The van der Waals surface area contributed by atoms with E-state index in [2.05, 4.69) is 54.2 Å². The summed E-state index contributed by atoms with van der Waals surface area (Å²) < 4.78 is 5.54. The minimum absolute atomic E-state index is 0.305. The molecule has 1 N–H and O–H groups in total.